The second kappa shape index (κ2) is 6.17. The number of aliphatic carboxylic acids is 1. The lowest BCUT2D eigenvalue weighted by Crippen LogP contribution is -2.27. The first-order valence-corrected chi connectivity index (χ1v) is 6.74. The van der Waals surface area contributed by atoms with Gasteiger partial charge in [0.15, 0.2) is 0 Å². The minimum atomic E-state index is -0.722. The van der Waals surface area contributed by atoms with Gasteiger partial charge in [-0.05, 0) is 49.9 Å². The van der Waals surface area contributed by atoms with E-state index in [-0.39, 0.29) is 18.4 Å². The maximum Gasteiger partial charge on any atom is 0.307 e. The molecule has 1 heterocycles. The maximum atomic E-state index is 11.5. The second-order valence-corrected chi connectivity index (χ2v) is 5.39. The standard InChI is InChI=1S/C15H21NO3/c1-10-4-11(6-12(5-10)9-17)7-14(15(18)19)13-2-3-16-8-13/h4-6,13-14,16-17H,2-3,7-9H2,1H3,(H,18,19)/t13-,14-/m0/s1. The Balaban J connectivity index is 2.16. The van der Waals surface area contributed by atoms with Crippen molar-refractivity contribution >= 4 is 5.97 Å². The van der Waals surface area contributed by atoms with Crippen molar-refractivity contribution in [3.05, 3.63) is 34.9 Å². The minimum Gasteiger partial charge on any atom is -0.481 e. The average molecular weight is 263 g/mol. The van der Waals surface area contributed by atoms with E-state index in [0.717, 1.165) is 36.2 Å². The van der Waals surface area contributed by atoms with Crippen LogP contribution in [0.25, 0.3) is 0 Å². The molecule has 2 atom stereocenters. The van der Waals surface area contributed by atoms with Gasteiger partial charge in [0.25, 0.3) is 0 Å². The number of rotatable bonds is 5. The van der Waals surface area contributed by atoms with Crippen LogP contribution in [0.3, 0.4) is 0 Å². The van der Waals surface area contributed by atoms with E-state index in [1.54, 1.807) is 0 Å². The van der Waals surface area contributed by atoms with Crippen LogP contribution in [0.5, 0.6) is 0 Å². The van der Waals surface area contributed by atoms with Gasteiger partial charge < -0.3 is 15.5 Å². The quantitative estimate of drug-likeness (QED) is 0.750. The lowest BCUT2D eigenvalue weighted by molar-refractivity contribution is -0.143. The van der Waals surface area contributed by atoms with Crippen LogP contribution in [0, 0.1) is 18.8 Å². The summed E-state index contributed by atoms with van der Waals surface area (Å²) in [6.07, 6.45) is 1.46. The zero-order chi connectivity index (χ0) is 13.8. The van der Waals surface area contributed by atoms with Crippen LogP contribution in [0.15, 0.2) is 18.2 Å². The Labute approximate surface area is 113 Å². The molecule has 104 valence electrons. The third kappa shape index (κ3) is 3.55. The van der Waals surface area contributed by atoms with Gasteiger partial charge in [-0.25, -0.2) is 0 Å². The molecule has 2 rings (SSSR count). The van der Waals surface area contributed by atoms with Gasteiger partial charge in [0, 0.05) is 0 Å². The van der Waals surface area contributed by atoms with Crippen LogP contribution in [0.2, 0.25) is 0 Å². The van der Waals surface area contributed by atoms with E-state index < -0.39 is 5.97 Å². The third-order valence-electron chi connectivity index (χ3n) is 3.82. The fourth-order valence-corrected chi connectivity index (χ4v) is 2.89. The molecule has 0 unspecified atom stereocenters. The second-order valence-electron chi connectivity index (χ2n) is 5.39. The summed E-state index contributed by atoms with van der Waals surface area (Å²) in [5.41, 5.74) is 2.92. The number of carboxylic acid groups (broad SMARTS) is 1. The first-order valence-electron chi connectivity index (χ1n) is 6.74. The predicted molar refractivity (Wildman–Crippen MR) is 72.9 cm³/mol. The van der Waals surface area contributed by atoms with Crippen molar-refractivity contribution in [2.75, 3.05) is 13.1 Å². The number of aliphatic hydroxyl groups is 1. The first kappa shape index (κ1) is 14.0. The summed E-state index contributed by atoms with van der Waals surface area (Å²) in [6.45, 7) is 3.66. The van der Waals surface area contributed by atoms with Gasteiger partial charge in [0.05, 0.1) is 12.5 Å². The molecule has 0 aliphatic carbocycles. The number of aliphatic hydroxyl groups excluding tert-OH is 1. The van der Waals surface area contributed by atoms with Crippen molar-refractivity contribution in [1.29, 1.82) is 0 Å². The number of hydrogen-bond acceptors (Lipinski definition) is 3. The number of carbonyl (C=O) groups is 1. The van der Waals surface area contributed by atoms with Crippen LogP contribution < -0.4 is 5.32 Å². The molecular weight excluding hydrogens is 242 g/mol. The van der Waals surface area contributed by atoms with E-state index in [1.165, 1.54) is 0 Å². The Morgan fingerprint density at radius 1 is 1.42 bits per heavy atom. The molecule has 0 aromatic heterocycles. The Hall–Kier alpha value is -1.39. The number of hydrogen-bond donors (Lipinski definition) is 3. The average Bonchev–Trinajstić information content (AvgIpc) is 2.88. The van der Waals surface area contributed by atoms with E-state index in [2.05, 4.69) is 5.32 Å². The fraction of sp³-hybridized carbons (Fsp3) is 0.533. The molecule has 4 heteroatoms. The highest BCUT2D eigenvalue weighted by molar-refractivity contribution is 5.71. The molecule has 1 aromatic rings. The molecule has 0 radical (unpaired) electrons. The maximum absolute atomic E-state index is 11.5. The highest BCUT2D eigenvalue weighted by Crippen LogP contribution is 2.24. The van der Waals surface area contributed by atoms with Crippen molar-refractivity contribution < 1.29 is 15.0 Å². The van der Waals surface area contributed by atoms with Crippen LogP contribution in [0.4, 0.5) is 0 Å². The molecule has 0 bridgehead atoms. The summed E-state index contributed by atoms with van der Waals surface area (Å²) in [5, 5.41) is 21.9. The lowest BCUT2D eigenvalue weighted by atomic mass is 9.85. The SMILES string of the molecule is Cc1cc(CO)cc(C[C@H](C(=O)O)[C@H]2CCNC2)c1. The van der Waals surface area contributed by atoms with Gasteiger partial charge >= 0.3 is 5.97 Å². The van der Waals surface area contributed by atoms with Gasteiger partial charge in [-0.15, -0.1) is 0 Å². The van der Waals surface area contributed by atoms with E-state index >= 15 is 0 Å². The number of carboxylic acids is 1. The van der Waals surface area contributed by atoms with E-state index in [0.29, 0.717) is 6.42 Å². The van der Waals surface area contributed by atoms with Crippen LogP contribution in [-0.2, 0) is 17.8 Å². The molecule has 1 aromatic carbocycles. The largest absolute Gasteiger partial charge is 0.481 e. The Kier molecular flexibility index (Phi) is 4.56. The summed E-state index contributed by atoms with van der Waals surface area (Å²) in [5.74, 6) is -0.861. The van der Waals surface area contributed by atoms with Crippen molar-refractivity contribution in [2.24, 2.45) is 11.8 Å². The molecule has 0 saturated carbocycles. The van der Waals surface area contributed by atoms with Gasteiger partial charge in [-0.1, -0.05) is 23.8 Å². The van der Waals surface area contributed by atoms with Gasteiger partial charge in [-0.2, -0.15) is 0 Å². The molecule has 19 heavy (non-hydrogen) atoms. The molecule has 1 aliphatic rings. The van der Waals surface area contributed by atoms with E-state index in [1.807, 2.05) is 25.1 Å². The molecular formula is C15H21NO3. The van der Waals surface area contributed by atoms with Crippen LogP contribution in [-0.4, -0.2) is 29.3 Å². The smallest absolute Gasteiger partial charge is 0.307 e. The number of nitrogens with one attached hydrogen (secondary N) is 1. The van der Waals surface area contributed by atoms with Crippen LogP contribution in [0.1, 0.15) is 23.1 Å². The first-order chi connectivity index (χ1) is 9.10. The Morgan fingerprint density at radius 2 is 2.16 bits per heavy atom. The van der Waals surface area contributed by atoms with Crippen molar-refractivity contribution in [3.8, 4) is 0 Å². The van der Waals surface area contributed by atoms with Crippen LogP contribution >= 0.6 is 0 Å². The fourth-order valence-electron chi connectivity index (χ4n) is 2.89. The molecule has 4 nitrogen and oxygen atoms in total. The highest BCUT2D eigenvalue weighted by Gasteiger charge is 2.30. The van der Waals surface area contributed by atoms with Gasteiger partial charge in [-0.3, -0.25) is 4.79 Å². The molecule has 1 fully saturated rings. The molecule has 1 aliphatic heterocycles. The normalized spacial score (nSPS) is 20.4. The monoisotopic (exact) mass is 263 g/mol. The van der Waals surface area contributed by atoms with E-state index in [9.17, 15) is 15.0 Å². The lowest BCUT2D eigenvalue weighted by Gasteiger charge is -2.19. The van der Waals surface area contributed by atoms with Gasteiger partial charge in [0.2, 0.25) is 0 Å². The predicted octanol–water partition coefficient (Wildman–Crippen LogP) is 1.34. The zero-order valence-corrected chi connectivity index (χ0v) is 11.2. The van der Waals surface area contributed by atoms with Crippen molar-refractivity contribution in [2.45, 2.75) is 26.4 Å². The van der Waals surface area contributed by atoms with Crippen molar-refractivity contribution in [1.82, 2.24) is 5.32 Å². The Morgan fingerprint density at radius 3 is 2.74 bits per heavy atom. The minimum absolute atomic E-state index is 0.00258. The molecule has 3 N–H and O–H groups in total. The summed E-state index contributed by atoms with van der Waals surface area (Å²) >= 11 is 0. The van der Waals surface area contributed by atoms with Gasteiger partial charge in [0.1, 0.15) is 0 Å². The summed E-state index contributed by atoms with van der Waals surface area (Å²) in [7, 11) is 0. The summed E-state index contributed by atoms with van der Waals surface area (Å²) in [6, 6.07) is 5.85. The topological polar surface area (TPSA) is 69.6 Å². The summed E-state index contributed by atoms with van der Waals surface area (Å²) < 4.78 is 0. The number of benzene rings is 1. The molecule has 1 saturated heterocycles. The highest BCUT2D eigenvalue weighted by atomic mass is 16.4. The summed E-state index contributed by atoms with van der Waals surface area (Å²) in [4.78, 5) is 11.5. The molecule has 0 spiro atoms. The van der Waals surface area contributed by atoms with E-state index in [4.69, 9.17) is 0 Å². The third-order valence-corrected chi connectivity index (χ3v) is 3.82. The van der Waals surface area contributed by atoms with Crippen molar-refractivity contribution in [3.63, 3.8) is 0 Å². The molecule has 0 amide bonds. The number of aryl methyl sites for hydroxylation is 1. The zero-order valence-electron chi connectivity index (χ0n) is 11.2. The Bertz CT molecular complexity index is 453.